The minimum atomic E-state index is -0.744. The Hall–Kier alpha value is -4.10. The van der Waals surface area contributed by atoms with Crippen LogP contribution in [0.4, 0.5) is 11.4 Å². The summed E-state index contributed by atoms with van der Waals surface area (Å²) in [6.07, 6.45) is 0.999. The largest absolute Gasteiger partial charge is 0.398 e. The SMILES string of the molecule is N#C/C(=C/NC(=O)c1ccccc1N)C(=O)Nc1ccccc1C#N. The summed E-state index contributed by atoms with van der Waals surface area (Å²) in [5.41, 5.74) is 6.41. The predicted octanol–water partition coefficient (Wildman–Crippen LogP) is 1.92. The number of anilines is 2. The van der Waals surface area contributed by atoms with Crippen molar-refractivity contribution < 1.29 is 9.59 Å². The number of nitrogens with two attached hydrogens (primary N) is 1. The maximum Gasteiger partial charge on any atom is 0.267 e. The molecule has 0 saturated carbocycles. The van der Waals surface area contributed by atoms with Gasteiger partial charge < -0.3 is 16.4 Å². The number of nitriles is 2. The minimum Gasteiger partial charge on any atom is -0.398 e. The molecule has 0 heterocycles. The zero-order valence-corrected chi connectivity index (χ0v) is 13.0. The number of rotatable bonds is 4. The molecule has 0 aliphatic heterocycles. The molecule has 122 valence electrons. The lowest BCUT2D eigenvalue weighted by molar-refractivity contribution is -0.112. The lowest BCUT2D eigenvalue weighted by Gasteiger charge is -2.07. The van der Waals surface area contributed by atoms with Crippen molar-refractivity contribution in [1.29, 1.82) is 10.5 Å². The first-order chi connectivity index (χ1) is 12.1. The molecule has 0 aliphatic rings. The van der Waals surface area contributed by atoms with Crippen LogP contribution in [0.5, 0.6) is 0 Å². The molecule has 4 N–H and O–H groups in total. The number of nitrogens with one attached hydrogen (secondary N) is 2. The van der Waals surface area contributed by atoms with E-state index in [1.165, 1.54) is 18.2 Å². The molecular weight excluding hydrogens is 318 g/mol. The lowest BCUT2D eigenvalue weighted by atomic mass is 10.1. The molecule has 25 heavy (non-hydrogen) atoms. The first-order valence-corrected chi connectivity index (χ1v) is 7.13. The van der Waals surface area contributed by atoms with Crippen LogP contribution in [0.1, 0.15) is 15.9 Å². The minimum absolute atomic E-state index is 0.228. The first-order valence-electron chi connectivity index (χ1n) is 7.13. The smallest absolute Gasteiger partial charge is 0.267 e. The van der Waals surface area contributed by atoms with Crippen molar-refractivity contribution in [3.63, 3.8) is 0 Å². The molecule has 0 saturated heterocycles. The first kappa shape index (κ1) is 17.3. The number of carbonyl (C=O) groups is 2. The fourth-order valence-electron chi connectivity index (χ4n) is 1.95. The highest BCUT2D eigenvalue weighted by atomic mass is 16.2. The zero-order chi connectivity index (χ0) is 18.2. The molecule has 2 aromatic carbocycles. The summed E-state index contributed by atoms with van der Waals surface area (Å²) in [7, 11) is 0. The Bertz CT molecular complexity index is 935. The molecule has 0 aliphatic carbocycles. The molecule has 0 atom stereocenters. The van der Waals surface area contributed by atoms with Crippen molar-refractivity contribution >= 4 is 23.2 Å². The van der Waals surface area contributed by atoms with E-state index in [1.807, 2.05) is 6.07 Å². The summed E-state index contributed by atoms with van der Waals surface area (Å²) in [6, 6.07) is 16.4. The number of hydrogen-bond donors (Lipinski definition) is 3. The number of nitrogen functional groups attached to an aromatic ring is 1. The average Bonchev–Trinajstić information content (AvgIpc) is 2.63. The van der Waals surface area contributed by atoms with E-state index in [1.54, 1.807) is 36.4 Å². The average molecular weight is 331 g/mol. The third-order valence-electron chi connectivity index (χ3n) is 3.21. The molecule has 0 fully saturated rings. The van der Waals surface area contributed by atoms with Gasteiger partial charge in [-0.2, -0.15) is 10.5 Å². The van der Waals surface area contributed by atoms with E-state index in [2.05, 4.69) is 10.6 Å². The fraction of sp³-hybridized carbons (Fsp3) is 0. The Labute approximate surface area is 144 Å². The van der Waals surface area contributed by atoms with Gasteiger partial charge in [-0.25, -0.2) is 0 Å². The van der Waals surface area contributed by atoms with Gasteiger partial charge in [0.25, 0.3) is 11.8 Å². The summed E-state index contributed by atoms with van der Waals surface area (Å²) in [5.74, 6) is -1.29. The highest BCUT2D eigenvalue weighted by Gasteiger charge is 2.13. The van der Waals surface area contributed by atoms with Crippen molar-refractivity contribution in [2.24, 2.45) is 0 Å². The van der Waals surface area contributed by atoms with E-state index in [-0.39, 0.29) is 28.1 Å². The quantitative estimate of drug-likeness (QED) is 0.447. The van der Waals surface area contributed by atoms with Crippen LogP contribution < -0.4 is 16.4 Å². The van der Waals surface area contributed by atoms with Crippen molar-refractivity contribution in [2.45, 2.75) is 0 Å². The van der Waals surface area contributed by atoms with Gasteiger partial charge in [0.05, 0.1) is 16.8 Å². The number of hydrogen-bond acceptors (Lipinski definition) is 5. The number of nitrogens with zero attached hydrogens (tertiary/aromatic N) is 2. The van der Waals surface area contributed by atoms with Gasteiger partial charge in [0.1, 0.15) is 17.7 Å². The summed E-state index contributed by atoms with van der Waals surface area (Å²) in [4.78, 5) is 24.2. The molecule has 7 nitrogen and oxygen atoms in total. The molecule has 0 bridgehead atoms. The molecule has 2 aromatic rings. The molecule has 0 aromatic heterocycles. The van der Waals surface area contributed by atoms with Crippen LogP contribution in [0.3, 0.4) is 0 Å². The van der Waals surface area contributed by atoms with Crippen LogP contribution in [-0.4, -0.2) is 11.8 Å². The van der Waals surface area contributed by atoms with Gasteiger partial charge in [-0.3, -0.25) is 9.59 Å². The standard InChI is InChI=1S/C18H13N5O2/c19-9-12-5-1-4-8-16(12)23-17(24)13(10-20)11-22-18(25)14-6-2-3-7-15(14)21/h1-8,11H,21H2,(H,22,25)(H,23,24)/b13-11-. The Balaban J connectivity index is 2.14. The molecule has 7 heteroatoms. The van der Waals surface area contributed by atoms with Crippen LogP contribution in [0.2, 0.25) is 0 Å². The van der Waals surface area contributed by atoms with E-state index in [9.17, 15) is 9.59 Å². The van der Waals surface area contributed by atoms with Crippen LogP contribution in [0.15, 0.2) is 60.3 Å². The third-order valence-corrected chi connectivity index (χ3v) is 3.21. The van der Waals surface area contributed by atoms with Gasteiger partial charge in [-0.05, 0) is 24.3 Å². The van der Waals surface area contributed by atoms with Crippen molar-refractivity contribution in [3.05, 3.63) is 71.4 Å². The summed E-state index contributed by atoms with van der Waals surface area (Å²) in [6.45, 7) is 0. The van der Waals surface area contributed by atoms with Crippen molar-refractivity contribution in [3.8, 4) is 12.1 Å². The number of amides is 2. The van der Waals surface area contributed by atoms with E-state index in [0.29, 0.717) is 0 Å². The van der Waals surface area contributed by atoms with Crippen LogP contribution >= 0.6 is 0 Å². The van der Waals surface area contributed by atoms with Gasteiger partial charge in [0.2, 0.25) is 0 Å². The summed E-state index contributed by atoms with van der Waals surface area (Å²) < 4.78 is 0. The monoisotopic (exact) mass is 331 g/mol. The molecule has 2 rings (SSSR count). The molecular formula is C18H13N5O2. The molecule has 2 amide bonds. The maximum absolute atomic E-state index is 12.1. The van der Waals surface area contributed by atoms with Crippen LogP contribution in [0, 0.1) is 22.7 Å². The summed E-state index contributed by atoms with van der Waals surface area (Å²) in [5, 5.41) is 22.9. The Kier molecular flexibility index (Phi) is 5.49. The van der Waals surface area contributed by atoms with E-state index in [4.69, 9.17) is 16.3 Å². The van der Waals surface area contributed by atoms with E-state index >= 15 is 0 Å². The topological polar surface area (TPSA) is 132 Å². The highest BCUT2D eigenvalue weighted by molar-refractivity contribution is 6.08. The Morgan fingerprint density at radius 2 is 1.72 bits per heavy atom. The Morgan fingerprint density at radius 3 is 2.40 bits per heavy atom. The van der Waals surface area contributed by atoms with Crippen LogP contribution in [0.25, 0.3) is 0 Å². The van der Waals surface area contributed by atoms with Crippen molar-refractivity contribution in [2.75, 3.05) is 11.1 Å². The normalized spacial score (nSPS) is 10.2. The van der Waals surface area contributed by atoms with E-state index in [0.717, 1.165) is 6.20 Å². The summed E-state index contributed by atoms with van der Waals surface area (Å²) >= 11 is 0. The molecule has 0 unspecified atom stereocenters. The number of carbonyl (C=O) groups excluding carboxylic acids is 2. The van der Waals surface area contributed by atoms with Gasteiger partial charge in [0.15, 0.2) is 0 Å². The number of para-hydroxylation sites is 2. The zero-order valence-electron chi connectivity index (χ0n) is 13.0. The van der Waals surface area contributed by atoms with E-state index < -0.39 is 11.8 Å². The van der Waals surface area contributed by atoms with Gasteiger partial charge >= 0.3 is 0 Å². The lowest BCUT2D eigenvalue weighted by Crippen LogP contribution is -2.22. The Morgan fingerprint density at radius 1 is 1.04 bits per heavy atom. The van der Waals surface area contributed by atoms with Crippen LogP contribution in [-0.2, 0) is 4.79 Å². The predicted molar refractivity (Wildman–Crippen MR) is 91.8 cm³/mol. The van der Waals surface area contributed by atoms with Crippen molar-refractivity contribution in [1.82, 2.24) is 5.32 Å². The maximum atomic E-state index is 12.1. The second kappa shape index (κ2) is 7.95. The molecule has 0 radical (unpaired) electrons. The molecule has 0 spiro atoms. The highest BCUT2D eigenvalue weighted by Crippen LogP contribution is 2.14. The van der Waals surface area contributed by atoms with Gasteiger partial charge in [-0.15, -0.1) is 0 Å². The second-order valence-electron chi connectivity index (χ2n) is 4.84. The van der Waals surface area contributed by atoms with Gasteiger partial charge in [0, 0.05) is 11.9 Å². The number of benzene rings is 2. The third kappa shape index (κ3) is 4.21. The second-order valence-corrected chi connectivity index (χ2v) is 4.84. The van der Waals surface area contributed by atoms with Gasteiger partial charge in [-0.1, -0.05) is 24.3 Å². The fourth-order valence-corrected chi connectivity index (χ4v) is 1.95.